The number of aliphatic hydroxyl groups is 4. The fourth-order valence-corrected chi connectivity index (χ4v) is 12.3. The van der Waals surface area contributed by atoms with Crippen molar-refractivity contribution >= 4 is 84.2 Å². The Labute approximate surface area is 542 Å². The number of para-hydroxylation sites is 4. The number of anilines is 12. The first-order valence-electron chi connectivity index (χ1n) is 31.3. The molecule has 1 unspecified atom stereocenters. The van der Waals surface area contributed by atoms with Gasteiger partial charge in [-0.05, 0) is 112 Å². The van der Waals surface area contributed by atoms with Gasteiger partial charge in [-0.2, -0.15) is 0 Å². The van der Waals surface area contributed by atoms with Crippen LogP contribution in [-0.4, -0.2) is 195 Å². The van der Waals surface area contributed by atoms with E-state index >= 15 is 0 Å². The average Bonchev–Trinajstić information content (AvgIpc) is 1.59. The number of carbonyl (C=O) groups is 1. The Hall–Kier alpha value is -8.62. The summed E-state index contributed by atoms with van der Waals surface area (Å²) < 4.78 is 53.5. The second-order valence-corrected chi connectivity index (χ2v) is 24.4. The first-order valence-corrected chi connectivity index (χ1v) is 32.8. The first kappa shape index (κ1) is 70.8. The highest BCUT2D eigenvalue weighted by Crippen LogP contribution is 2.44. The number of ether oxygens (including phenoxy) is 5. The third-order valence-electron chi connectivity index (χ3n) is 16.3. The molecule has 0 saturated carbocycles. The number of nitrogens with zero attached hydrogens (tertiary/aromatic N) is 5. The molecule has 0 radical (unpaired) electrons. The van der Waals surface area contributed by atoms with Crippen LogP contribution in [0.15, 0.2) is 109 Å². The van der Waals surface area contributed by atoms with Gasteiger partial charge in [-0.1, -0.05) is 30.3 Å². The van der Waals surface area contributed by atoms with Gasteiger partial charge < -0.3 is 101 Å². The Morgan fingerprint density at radius 1 is 0.533 bits per heavy atom. The smallest absolute Gasteiger partial charge is 0.268 e. The van der Waals surface area contributed by atoms with Crippen LogP contribution in [0, 0.1) is 0 Å². The molecular formula is C67H96N12O12S. The van der Waals surface area contributed by atoms with Gasteiger partial charge in [0, 0.05) is 107 Å². The summed E-state index contributed by atoms with van der Waals surface area (Å²) in [4.78, 5) is 22.7. The fourth-order valence-electron chi connectivity index (χ4n) is 11.1. The van der Waals surface area contributed by atoms with Crippen LogP contribution in [0.3, 0.4) is 0 Å². The normalized spacial score (nSPS) is 16.2. The maximum absolute atomic E-state index is 12.2. The number of amides is 1. The molecule has 0 fully saturated rings. The molecule has 1 atom stereocenters. The SMILES string of the molecule is CCN1CCOc2c(NC)cccc21.CNc1ccc2c(c1)N(CCO)C(=O)C(CCO)O2.CNc1ccc2c(c1)NS(=O)(=O)C2(C)C.CNc1cccc2c1OCCN2C.CNc1cccc2c1OCCN2CCCO.CNc1cccc2c1OCCN2CCO. The minimum atomic E-state index is -3.29. The Morgan fingerprint density at radius 2 is 0.989 bits per heavy atom. The van der Waals surface area contributed by atoms with Crippen LogP contribution in [0.2, 0.25) is 0 Å². The van der Waals surface area contributed by atoms with Crippen molar-refractivity contribution in [3.05, 3.63) is 115 Å². The van der Waals surface area contributed by atoms with Gasteiger partial charge in [0.05, 0.1) is 96.3 Å². The fraction of sp³-hybridized carbons (Fsp3) is 0.448. The zero-order valence-electron chi connectivity index (χ0n) is 54.9. The topological polar surface area (TPSA) is 279 Å². The first-order chi connectivity index (χ1) is 44.5. The second kappa shape index (κ2) is 34.2. The van der Waals surface area contributed by atoms with E-state index in [0.29, 0.717) is 36.9 Å². The van der Waals surface area contributed by atoms with Gasteiger partial charge in [0.2, 0.25) is 10.0 Å². The number of sulfonamides is 1. The monoisotopic (exact) mass is 1290 g/mol. The van der Waals surface area contributed by atoms with Crippen LogP contribution in [0.1, 0.15) is 39.2 Å². The molecule has 92 heavy (non-hydrogen) atoms. The number of nitrogens with one attached hydrogen (secondary N) is 7. The van der Waals surface area contributed by atoms with Gasteiger partial charge in [-0.3, -0.25) is 9.52 Å². The molecule has 6 aliphatic heterocycles. The summed E-state index contributed by atoms with van der Waals surface area (Å²) in [6.07, 6.45) is 0.349. The standard InChI is InChI=1S/C13H18N2O4.C12H18N2O2.C11H16N2O2.C11H16N2O.C10H14N2O2S.C10H14N2O/c1-14-9-2-3-11-10(8-9)15(5-7-17)13(18)12(19-11)4-6-16;1-13-10-4-2-5-11-12(10)16-9-7-14(11)6-3-8-15;1-12-9-3-2-4-10-11(9)15-8-6-13(10)5-7-14;1-3-13-7-8-14-11-9(12-2)5-4-6-10(11)13;1-10(2)8-5-4-7(11-3)6-9(8)12-15(10,13)14;1-11-8-4-3-5-9-10(8)13-7-6-12(9)2/h2-3,8,12,14,16-17H,4-7H2,1H3;2,4-5,13,15H,3,6-9H2,1H3;2-4,12,14H,5-8H2,1H3;4-6,12H,3,7-8H2,1-2H3;4-6,11-12H,1-3H3;3-5,11H,6-7H2,1-2H3. The Morgan fingerprint density at radius 3 is 1.47 bits per heavy atom. The van der Waals surface area contributed by atoms with Crippen LogP contribution >= 0.6 is 0 Å². The molecule has 6 aromatic carbocycles. The number of hydrogen-bond acceptors (Lipinski definition) is 22. The number of aliphatic hydroxyl groups excluding tert-OH is 4. The van der Waals surface area contributed by atoms with E-state index in [0.717, 1.165) is 139 Å². The third-order valence-corrected chi connectivity index (χ3v) is 18.3. The highest BCUT2D eigenvalue weighted by molar-refractivity contribution is 7.94. The molecule has 0 aliphatic carbocycles. The van der Waals surface area contributed by atoms with Crippen LogP contribution in [0.5, 0.6) is 28.7 Å². The van der Waals surface area contributed by atoms with Gasteiger partial charge >= 0.3 is 0 Å². The van der Waals surface area contributed by atoms with Crippen LogP contribution in [-0.2, 0) is 19.6 Å². The maximum Gasteiger partial charge on any atom is 0.268 e. The van der Waals surface area contributed by atoms with E-state index in [4.69, 9.17) is 44.1 Å². The Bertz CT molecular complexity index is 3450. The lowest BCUT2D eigenvalue weighted by Gasteiger charge is -2.34. The van der Waals surface area contributed by atoms with Crippen molar-refractivity contribution in [1.29, 1.82) is 0 Å². The van der Waals surface area contributed by atoms with Crippen molar-refractivity contribution in [2.75, 3.05) is 216 Å². The Kier molecular flexibility index (Phi) is 26.3. The molecule has 6 heterocycles. The van der Waals surface area contributed by atoms with Crippen molar-refractivity contribution in [2.24, 2.45) is 0 Å². The highest BCUT2D eigenvalue weighted by Gasteiger charge is 2.44. The van der Waals surface area contributed by atoms with Crippen molar-refractivity contribution in [3.63, 3.8) is 0 Å². The van der Waals surface area contributed by atoms with Gasteiger partial charge in [0.25, 0.3) is 5.91 Å². The lowest BCUT2D eigenvalue weighted by Crippen LogP contribution is -2.47. The van der Waals surface area contributed by atoms with Crippen LogP contribution < -0.4 is 84.8 Å². The molecule has 0 bridgehead atoms. The lowest BCUT2D eigenvalue weighted by molar-refractivity contribution is -0.127. The van der Waals surface area contributed by atoms with E-state index in [9.17, 15) is 13.2 Å². The summed E-state index contributed by atoms with van der Waals surface area (Å²) in [6.45, 7) is 15.1. The third kappa shape index (κ3) is 16.9. The van der Waals surface area contributed by atoms with Gasteiger partial charge in [0.15, 0.2) is 29.1 Å². The van der Waals surface area contributed by atoms with Crippen molar-refractivity contribution in [2.45, 2.75) is 44.5 Å². The number of likely N-dealkylation sites (N-methyl/N-ethyl adjacent to an activating group) is 2. The molecule has 1 amide bonds. The van der Waals surface area contributed by atoms with Crippen LogP contribution in [0.4, 0.5) is 68.2 Å². The van der Waals surface area contributed by atoms with Gasteiger partial charge in [-0.25, -0.2) is 8.42 Å². The minimum Gasteiger partial charge on any atom is -0.487 e. The van der Waals surface area contributed by atoms with Gasteiger partial charge in [-0.15, -0.1) is 0 Å². The highest BCUT2D eigenvalue weighted by atomic mass is 32.2. The van der Waals surface area contributed by atoms with Crippen molar-refractivity contribution < 1.29 is 57.3 Å². The number of benzene rings is 6. The van der Waals surface area contributed by atoms with Crippen molar-refractivity contribution in [1.82, 2.24) is 0 Å². The lowest BCUT2D eigenvalue weighted by atomic mass is 10.0. The van der Waals surface area contributed by atoms with Crippen LogP contribution in [0.25, 0.3) is 0 Å². The zero-order valence-corrected chi connectivity index (χ0v) is 55.7. The molecule has 502 valence electrons. The largest absolute Gasteiger partial charge is 0.487 e. The second-order valence-electron chi connectivity index (χ2n) is 22.2. The predicted molar refractivity (Wildman–Crippen MR) is 373 cm³/mol. The number of hydrogen-bond donors (Lipinski definition) is 11. The Balaban J connectivity index is 0.000000157. The van der Waals surface area contributed by atoms with E-state index in [2.05, 4.69) is 94.5 Å². The molecular weight excluding hydrogens is 1200 g/mol. The minimum absolute atomic E-state index is 0.118. The molecule has 6 aliphatic rings. The summed E-state index contributed by atoms with van der Waals surface area (Å²) in [6, 6.07) is 35.4. The van der Waals surface area contributed by atoms with E-state index in [1.165, 1.54) is 10.6 Å². The zero-order chi connectivity index (χ0) is 66.4. The molecule has 25 heteroatoms. The summed E-state index contributed by atoms with van der Waals surface area (Å²) in [5, 5.41) is 54.4. The number of rotatable bonds is 16. The number of β-amino-alcohol motifs (C(OH)–C–C–N with tert-alkyl or cyclic N) is 2. The van der Waals surface area contributed by atoms with E-state index in [-0.39, 0.29) is 45.3 Å². The number of fused-ring (bicyclic) bond motifs is 6. The molecule has 0 saturated heterocycles. The quantitative estimate of drug-likeness (QED) is 0.0444. The molecule has 0 aromatic heterocycles. The van der Waals surface area contributed by atoms with E-state index < -0.39 is 20.9 Å². The number of carbonyl (C=O) groups excluding carboxylic acids is 1. The molecule has 6 aromatic rings. The van der Waals surface area contributed by atoms with E-state index in [1.54, 1.807) is 40.1 Å². The molecule has 0 spiro atoms. The average molecular weight is 1290 g/mol. The molecule has 12 rings (SSSR count). The van der Waals surface area contributed by atoms with Gasteiger partial charge in [0.1, 0.15) is 36.9 Å². The molecule has 24 nitrogen and oxygen atoms in total. The summed E-state index contributed by atoms with van der Waals surface area (Å²) in [5.74, 6) is 4.13. The maximum atomic E-state index is 12.2. The summed E-state index contributed by atoms with van der Waals surface area (Å²) >= 11 is 0. The van der Waals surface area contributed by atoms with Crippen molar-refractivity contribution in [3.8, 4) is 28.7 Å². The van der Waals surface area contributed by atoms with E-state index in [1.807, 2.05) is 101 Å². The summed E-state index contributed by atoms with van der Waals surface area (Å²) in [7, 11) is 9.99. The summed E-state index contributed by atoms with van der Waals surface area (Å²) in [5.41, 5.74) is 12.6. The molecule has 11 N–H and O–H groups in total. The predicted octanol–water partition coefficient (Wildman–Crippen LogP) is 7.65.